The monoisotopic (exact) mass is 347 g/mol. The SMILES string of the molecule is O=C(NCc1cccnc1N1CCOCC1)c1cccc2ccccc12. The molecule has 0 aliphatic carbocycles. The molecule has 0 atom stereocenters. The van der Waals surface area contributed by atoms with Gasteiger partial charge in [-0.2, -0.15) is 0 Å². The molecule has 1 fully saturated rings. The fraction of sp³-hybridized carbons (Fsp3) is 0.238. The molecule has 0 radical (unpaired) electrons. The maximum Gasteiger partial charge on any atom is 0.252 e. The summed E-state index contributed by atoms with van der Waals surface area (Å²) in [5, 5.41) is 5.08. The number of rotatable bonds is 4. The summed E-state index contributed by atoms with van der Waals surface area (Å²) in [5.41, 5.74) is 1.71. The standard InChI is InChI=1S/C21H21N3O2/c25-21(19-9-3-6-16-5-1-2-8-18(16)19)23-15-17-7-4-10-22-20(17)24-11-13-26-14-12-24/h1-10H,11-15H2,(H,23,25). The minimum absolute atomic E-state index is 0.0708. The van der Waals surface area contributed by atoms with Gasteiger partial charge in [-0.1, -0.05) is 42.5 Å². The van der Waals surface area contributed by atoms with Crippen LogP contribution in [0.1, 0.15) is 15.9 Å². The topological polar surface area (TPSA) is 54.5 Å². The van der Waals surface area contributed by atoms with E-state index in [1.165, 1.54) is 0 Å². The Morgan fingerprint density at radius 2 is 1.85 bits per heavy atom. The van der Waals surface area contributed by atoms with Crippen LogP contribution in [-0.4, -0.2) is 37.2 Å². The molecule has 0 spiro atoms. The van der Waals surface area contributed by atoms with Crippen molar-refractivity contribution in [2.75, 3.05) is 31.2 Å². The molecule has 132 valence electrons. The zero-order chi connectivity index (χ0) is 17.8. The first-order chi connectivity index (χ1) is 12.8. The molecule has 0 unspecified atom stereocenters. The number of hydrogen-bond acceptors (Lipinski definition) is 4. The van der Waals surface area contributed by atoms with Crippen LogP contribution in [0.3, 0.4) is 0 Å². The maximum absolute atomic E-state index is 12.8. The molecule has 2 heterocycles. The molecule has 1 aliphatic rings. The summed E-state index contributed by atoms with van der Waals surface area (Å²) in [7, 11) is 0. The average molecular weight is 347 g/mol. The van der Waals surface area contributed by atoms with Crippen molar-refractivity contribution in [2.24, 2.45) is 0 Å². The molecular formula is C21H21N3O2. The van der Waals surface area contributed by atoms with Gasteiger partial charge in [-0.15, -0.1) is 0 Å². The Bertz CT molecular complexity index is 915. The van der Waals surface area contributed by atoms with Crippen LogP contribution in [0.4, 0.5) is 5.82 Å². The zero-order valence-corrected chi connectivity index (χ0v) is 14.5. The van der Waals surface area contributed by atoms with Crippen molar-refractivity contribution in [3.8, 4) is 0 Å². The van der Waals surface area contributed by atoms with Crippen LogP contribution in [0.2, 0.25) is 0 Å². The second-order valence-electron chi connectivity index (χ2n) is 6.29. The second kappa shape index (κ2) is 7.54. The largest absolute Gasteiger partial charge is 0.378 e. The van der Waals surface area contributed by atoms with Crippen LogP contribution in [0.25, 0.3) is 10.8 Å². The number of nitrogens with one attached hydrogen (secondary N) is 1. The van der Waals surface area contributed by atoms with Crippen LogP contribution in [0.5, 0.6) is 0 Å². The molecule has 1 amide bonds. The van der Waals surface area contributed by atoms with E-state index in [-0.39, 0.29) is 5.91 Å². The zero-order valence-electron chi connectivity index (χ0n) is 14.5. The summed E-state index contributed by atoms with van der Waals surface area (Å²) >= 11 is 0. The van der Waals surface area contributed by atoms with Crippen molar-refractivity contribution >= 4 is 22.5 Å². The van der Waals surface area contributed by atoms with Gasteiger partial charge in [0, 0.05) is 37.0 Å². The summed E-state index contributed by atoms with van der Waals surface area (Å²) in [6.45, 7) is 3.50. The van der Waals surface area contributed by atoms with Gasteiger partial charge >= 0.3 is 0 Å². The van der Waals surface area contributed by atoms with Crippen molar-refractivity contribution in [3.05, 3.63) is 71.9 Å². The van der Waals surface area contributed by atoms with Crippen molar-refractivity contribution in [1.29, 1.82) is 0 Å². The van der Waals surface area contributed by atoms with E-state index in [2.05, 4.69) is 15.2 Å². The van der Waals surface area contributed by atoms with Gasteiger partial charge in [-0.25, -0.2) is 4.98 Å². The number of hydrogen-bond donors (Lipinski definition) is 1. The average Bonchev–Trinajstić information content (AvgIpc) is 2.72. The first-order valence-corrected chi connectivity index (χ1v) is 8.85. The van der Waals surface area contributed by atoms with Crippen molar-refractivity contribution in [3.63, 3.8) is 0 Å². The quantitative estimate of drug-likeness (QED) is 0.788. The van der Waals surface area contributed by atoms with Crippen LogP contribution in [-0.2, 0) is 11.3 Å². The third-order valence-corrected chi connectivity index (χ3v) is 4.65. The molecule has 5 heteroatoms. The lowest BCUT2D eigenvalue weighted by molar-refractivity contribution is 0.0952. The Kier molecular flexibility index (Phi) is 4.80. The molecule has 1 aromatic heterocycles. The van der Waals surface area contributed by atoms with Gasteiger partial charge in [0.05, 0.1) is 13.2 Å². The number of ether oxygens (including phenoxy) is 1. The molecule has 2 aromatic carbocycles. The molecule has 1 aliphatic heterocycles. The van der Waals surface area contributed by atoms with E-state index in [4.69, 9.17) is 4.74 Å². The number of amides is 1. The Morgan fingerprint density at radius 1 is 1.04 bits per heavy atom. The highest BCUT2D eigenvalue weighted by molar-refractivity contribution is 6.07. The second-order valence-corrected chi connectivity index (χ2v) is 6.29. The van der Waals surface area contributed by atoms with Crippen molar-refractivity contribution in [2.45, 2.75) is 6.54 Å². The third-order valence-electron chi connectivity index (χ3n) is 4.65. The highest BCUT2D eigenvalue weighted by Crippen LogP contribution is 2.20. The van der Waals surface area contributed by atoms with Crippen molar-refractivity contribution in [1.82, 2.24) is 10.3 Å². The lowest BCUT2D eigenvalue weighted by Crippen LogP contribution is -2.37. The Balaban J connectivity index is 1.53. The molecule has 4 rings (SSSR count). The van der Waals surface area contributed by atoms with E-state index in [0.717, 1.165) is 35.2 Å². The highest BCUT2D eigenvalue weighted by Gasteiger charge is 2.16. The lowest BCUT2D eigenvalue weighted by atomic mass is 10.0. The summed E-state index contributed by atoms with van der Waals surface area (Å²) in [6.07, 6.45) is 1.79. The van der Waals surface area contributed by atoms with E-state index >= 15 is 0 Å². The minimum Gasteiger partial charge on any atom is -0.378 e. The Labute approximate surface area is 152 Å². The number of aromatic nitrogens is 1. The van der Waals surface area contributed by atoms with Gasteiger partial charge in [-0.05, 0) is 22.9 Å². The van der Waals surface area contributed by atoms with Crippen molar-refractivity contribution < 1.29 is 9.53 Å². The summed E-state index contributed by atoms with van der Waals surface area (Å²) in [6, 6.07) is 17.7. The first-order valence-electron chi connectivity index (χ1n) is 8.85. The number of morpholine rings is 1. The number of carbonyl (C=O) groups is 1. The Hall–Kier alpha value is -2.92. The third kappa shape index (κ3) is 3.39. The normalized spacial score (nSPS) is 14.4. The fourth-order valence-corrected chi connectivity index (χ4v) is 3.32. The van der Waals surface area contributed by atoms with Gasteiger partial charge in [0.2, 0.25) is 0 Å². The summed E-state index contributed by atoms with van der Waals surface area (Å²) in [4.78, 5) is 19.5. The summed E-state index contributed by atoms with van der Waals surface area (Å²) in [5.74, 6) is 0.854. The molecule has 1 N–H and O–H groups in total. The fourth-order valence-electron chi connectivity index (χ4n) is 3.32. The molecule has 26 heavy (non-hydrogen) atoms. The predicted molar refractivity (Wildman–Crippen MR) is 102 cm³/mol. The van der Waals surface area contributed by atoms with Crippen LogP contribution >= 0.6 is 0 Å². The molecule has 1 saturated heterocycles. The number of anilines is 1. The number of carbonyl (C=O) groups excluding carboxylic acids is 1. The van der Waals surface area contributed by atoms with Crippen LogP contribution in [0, 0.1) is 0 Å². The molecular weight excluding hydrogens is 326 g/mol. The van der Waals surface area contributed by atoms with E-state index in [1.807, 2.05) is 54.6 Å². The summed E-state index contributed by atoms with van der Waals surface area (Å²) < 4.78 is 5.42. The van der Waals surface area contributed by atoms with E-state index < -0.39 is 0 Å². The molecule has 3 aromatic rings. The highest BCUT2D eigenvalue weighted by atomic mass is 16.5. The smallest absolute Gasteiger partial charge is 0.252 e. The van der Waals surface area contributed by atoms with E-state index in [0.29, 0.717) is 25.3 Å². The number of pyridine rings is 1. The molecule has 0 bridgehead atoms. The molecule has 5 nitrogen and oxygen atoms in total. The van der Waals surface area contributed by atoms with Crippen LogP contribution < -0.4 is 10.2 Å². The van der Waals surface area contributed by atoms with E-state index in [1.54, 1.807) is 6.20 Å². The van der Waals surface area contributed by atoms with Gasteiger partial charge in [0.25, 0.3) is 5.91 Å². The van der Waals surface area contributed by atoms with Gasteiger partial charge < -0.3 is 15.0 Å². The number of nitrogens with zero attached hydrogens (tertiary/aromatic N) is 2. The Morgan fingerprint density at radius 3 is 2.73 bits per heavy atom. The van der Waals surface area contributed by atoms with E-state index in [9.17, 15) is 4.79 Å². The van der Waals surface area contributed by atoms with Crippen LogP contribution in [0.15, 0.2) is 60.8 Å². The lowest BCUT2D eigenvalue weighted by Gasteiger charge is -2.29. The molecule has 0 saturated carbocycles. The van der Waals surface area contributed by atoms with Gasteiger partial charge in [0.15, 0.2) is 0 Å². The van der Waals surface area contributed by atoms with Gasteiger partial charge in [-0.3, -0.25) is 4.79 Å². The number of benzene rings is 2. The number of fused-ring (bicyclic) bond motifs is 1. The minimum atomic E-state index is -0.0708. The first kappa shape index (κ1) is 16.5. The maximum atomic E-state index is 12.8. The predicted octanol–water partition coefficient (Wildman–Crippen LogP) is 3.00. The van der Waals surface area contributed by atoms with Gasteiger partial charge in [0.1, 0.15) is 5.82 Å².